The van der Waals surface area contributed by atoms with Gasteiger partial charge in [0.15, 0.2) is 5.78 Å². The van der Waals surface area contributed by atoms with Crippen molar-refractivity contribution in [2.45, 2.75) is 13.3 Å². The number of carbonyl (C=O) groups excluding carboxylic acids is 1. The average Bonchev–Trinajstić information content (AvgIpc) is 2.05. The number of rotatable bonds is 2. The SMILES string of the molecule is Cc1nccnc1C(=O)CC#N. The number of hydrogen-bond acceptors (Lipinski definition) is 4. The summed E-state index contributed by atoms with van der Waals surface area (Å²) in [6.07, 6.45) is 2.82. The van der Waals surface area contributed by atoms with Gasteiger partial charge in [-0.15, -0.1) is 0 Å². The van der Waals surface area contributed by atoms with E-state index in [2.05, 4.69) is 9.97 Å². The molecule has 1 heterocycles. The monoisotopic (exact) mass is 161 g/mol. The van der Waals surface area contributed by atoms with Crippen molar-refractivity contribution < 1.29 is 4.79 Å². The van der Waals surface area contributed by atoms with Crippen molar-refractivity contribution >= 4 is 5.78 Å². The first-order chi connectivity index (χ1) is 5.75. The lowest BCUT2D eigenvalue weighted by Crippen LogP contribution is -2.04. The number of ketones is 1. The first-order valence-corrected chi connectivity index (χ1v) is 3.43. The van der Waals surface area contributed by atoms with Gasteiger partial charge >= 0.3 is 0 Å². The highest BCUT2D eigenvalue weighted by Crippen LogP contribution is 2.02. The maximum absolute atomic E-state index is 11.1. The molecule has 60 valence electrons. The molecule has 1 aromatic rings. The molecule has 0 atom stereocenters. The topological polar surface area (TPSA) is 66.6 Å². The highest BCUT2D eigenvalue weighted by Gasteiger charge is 2.09. The molecule has 4 nitrogen and oxygen atoms in total. The number of aryl methyl sites for hydroxylation is 1. The fourth-order valence-electron chi connectivity index (χ4n) is 0.837. The second-order valence-corrected chi connectivity index (χ2v) is 2.25. The van der Waals surface area contributed by atoms with Crippen LogP contribution < -0.4 is 0 Å². The van der Waals surface area contributed by atoms with Crippen LogP contribution in [0.5, 0.6) is 0 Å². The smallest absolute Gasteiger partial charge is 0.197 e. The van der Waals surface area contributed by atoms with Crippen LogP contribution in [-0.4, -0.2) is 15.8 Å². The second kappa shape index (κ2) is 3.58. The standard InChI is InChI=1S/C8H7N3O/c1-6-8(7(12)2-3-9)11-5-4-10-6/h4-5H,2H2,1H3. The third-order valence-electron chi connectivity index (χ3n) is 1.38. The third kappa shape index (κ3) is 1.64. The van der Waals surface area contributed by atoms with Crippen LogP contribution in [0.3, 0.4) is 0 Å². The van der Waals surface area contributed by atoms with Crippen LogP contribution in [0.25, 0.3) is 0 Å². The highest BCUT2D eigenvalue weighted by molar-refractivity contribution is 5.96. The van der Waals surface area contributed by atoms with Crippen LogP contribution in [0.2, 0.25) is 0 Å². The van der Waals surface area contributed by atoms with Crippen molar-refractivity contribution in [3.63, 3.8) is 0 Å². The summed E-state index contributed by atoms with van der Waals surface area (Å²) in [7, 11) is 0. The van der Waals surface area contributed by atoms with E-state index in [-0.39, 0.29) is 12.2 Å². The highest BCUT2D eigenvalue weighted by atomic mass is 16.1. The Morgan fingerprint density at radius 3 is 2.83 bits per heavy atom. The summed E-state index contributed by atoms with van der Waals surface area (Å²) in [5, 5.41) is 8.27. The molecule has 4 heteroatoms. The molecule has 0 aliphatic rings. The molecule has 0 saturated carbocycles. The van der Waals surface area contributed by atoms with E-state index >= 15 is 0 Å². The zero-order valence-corrected chi connectivity index (χ0v) is 6.61. The van der Waals surface area contributed by atoms with Gasteiger partial charge in [-0.2, -0.15) is 5.26 Å². The third-order valence-corrected chi connectivity index (χ3v) is 1.38. The second-order valence-electron chi connectivity index (χ2n) is 2.25. The van der Waals surface area contributed by atoms with Crippen LogP contribution in [0.4, 0.5) is 0 Å². The number of aromatic nitrogens is 2. The minimum atomic E-state index is -0.275. The molecule has 0 bridgehead atoms. The summed E-state index contributed by atoms with van der Waals surface area (Å²) in [6, 6.07) is 1.78. The average molecular weight is 161 g/mol. The first kappa shape index (κ1) is 8.34. The van der Waals surface area contributed by atoms with E-state index in [1.807, 2.05) is 0 Å². The summed E-state index contributed by atoms with van der Waals surface area (Å²) in [5.74, 6) is -0.275. The Labute approximate surface area is 69.9 Å². The number of nitrogens with zero attached hydrogens (tertiary/aromatic N) is 3. The van der Waals surface area contributed by atoms with Crippen molar-refractivity contribution in [2.24, 2.45) is 0 Å². The molecule has 0 amide bonds. The van der Waals surface area contributed by atoms with Crippen molar-refractivity contribution in [1.29, 1.82) is 5.26 Å². The molecular weight excluding hydrogens is 154 g/mol. The summed E-state index contributed by atoms with van der Waals surface area (Å²) < 4.78 is 0. The lowest BCUT2D eigenvalue weighted by atomic mass is 10.2. The number of nitriles is 1. The van der Waals surface area contributed by atoms with Gasteiger partial charge in [-0.25, -0.2) is 4.98 Å². The van der Waals surface area contributed by atoms with Gasteiger partial charge in [0.25, 0.3) is 0 Å². The largest absolute Gasteiger partial charge is 0.291 e. The number of hydrogen-bond donors (Lipinski definition) is 0. The minimum Gasteiger partial charge on any atom is -0.291 e. The number of carbonyl (C=O) groups is 1. The lowest BCUT2D eigenvalue weighted by molar-refractivity contribution is 0.0992. The molecule has 0 N–H and O–H groups in total. The Bertz CT molecular complexity index is 340. The van der Waals surface area contributed by atoms with Crippen LogP contribution >= 0.6 is 0 Å². The molecule has 0 unspecified atom stereocenters. The van der Waals surface area contributed by atoms with E-state index in [0.717, 1.165) is 0 Å². The number of Topliss-reactive ketones (excluding diaryl/α,β-unsaturated/α-hetero) is 1. The molecule has 0 radical (unpaired) electrons. The van der Waals surface area contributed by atoms with Gasteiger partial charge in [-0.05, 0) is 6.92 Å². The van der Waals surface area contributed by atoms with E-state index in [9.17, 15) is 4.79 Å². The molecule has 0 saturated heterocycles. The Morgan fingerprint density at radius 2 is 2.25 bits per heavy atom. The Hall–Kier alpha value is -1.76. The summed E-state index contributed by atoms with van der Waals surface area (Å²) in [4.78, 5) is 18.9. The molecule has 0 aromatic carbocycles. The first-order valence-electron chi connectivity index (χ1n) is 3.43. The molecule has 12 heavy (non-hydrogen) atoms. The summed E-state index contributed by atoms with van der Waals surface area (Å²) >= 11 is 0. The van der Waals surface area contributed by atoms with Gasteiger partial charge in [0.2, 0.25) is 0 Å². The molecule has 1 aromatic heterocycles. The predicted octanol–water partition coefficient (Wildman–Crippen LogP) is 0.881. The van der Waals surface area contributed by atoms with Crippen molar-refractivity contribution in [3.8, 4) is 6.07 Å². The Kier molecular flexibility index (Phi) is 2.49. The maximum atomic E-state index is 11.1. The van der Waals surface area contributed by atoms with Gasteiger partial charge in [-0.1, -0.05) is 0 Å². The van der Waals surface area contributed by atoms with E-state index in [4.69, 9.17) is 5.26 Å². The van der Waals surface area contributed by atoms with Crippen LogP contribution in [0.1, 0.15) is 22.6 Å². The van der Waals surface area contributed by atoms with E-state index in [1.54, 1.807) is 13.0 Å². The minimum absolute atomic E-state index is 0.139. The van der Waals surface area contributed by atoms with Gasteiger partial charge in [-0.3, -0.25) is 9.78 Å². The van der Waals surface area contributed by atoms with Crippen LogP contribution in [0, 0.1) is 18.3 Å². The van der Waals surface area contributed by atoms with Gasteiger partial charge in [0, 0.05) is 12.4 Å². The molecule has 0 aliphatic heterocycles. The van der Waals surface area contributed by atoms with E-state index in [0.29, 0.717) is 11.4 Å². The normalized spacial score (nSPS) is 9.00. The summed E-state index contributed by atoms with van der Waals surface area (Å²) in [5.41, 5.74) is 0.858. The van der Waals surface area contributed by atoms with Gasteiger partial charge in [0.1, 0.15) is 12.1 Å². The molecule has 1 rings (SSSR count). The molecule has 0 spiro atoms. The summed E-state index contributed by atoms with van der Waals surface area (Å²) in [6.45, 7) is 1.69. The van der Waals surface area contributed by atoms with Crippen LogP contribution in [-0.2, 0) is 0 Å². The zero-order chi connectivity index (χ0) is 8.97. The predicted molar refractivity (Wildman–Crippen MR) is 41.3 cm³/mol. The Balaban J connectivity index is 2.97. The quantitative estimate of drug-likeness (QED) is 0.604. The fourth-order valence-corrected chi connectivity index (χ4v) is 0.837. The van der Waals surface area contributed by atoms with Crippen molar-refractivity contribution in [2.75, 3.05) is 0 Å². The van der Waals surface area contributed by atoms with Crippen LogP contribution in [0.15, 0.2) is 12.4 Å². The van der Waals surface area contributed by atoms with Gasteiger partial charge < -0.3 is 0 Å². The lowest BCUT2D eigenvalue weighted by Gasteiger charge is -1.97. The van der Waals surface area contributed by atoms with E-state index in [1.165, 1.54) is 12.4 Å². The molecular formula is C8H7N3O. The molecule has 0 aliphatic carbocycles. The van der Waals surface area contributed by atoms with Crippen molar-refractivity contribution in [1.82, 2.24) is 9.97 Å². The van der Waals surface area contributed by atoms with Gasteiger partial charge in [0.05, 0.1) is 11.8 Å². The zero-order valence-electron chi connectivity index (χ0n) is 6.61. The van der Waals surface area contributed by atoms with E-state index < -0.39 is 0 Å². The Morgan fingerprint density at radius 1 is 1.58 bits per heavy atom. The van der Waals surface area contributed by atoms with Crippen molar-refractivity contribution in [3.05, 3.63) is 23.8 Å². The molecule has 0 fully saturated rings. The maximum Gasteiger partial charge on any atom is 0.197 e. The fraction of sp³-hybridized carbons (Fsp3) is 0.250.